The maximum absolute atomic E-state index is 12.7. The minimum Gasteiger partial charge on any atom is -0.353 e. The van der Waals surface area contributed by atoms with Crippen molar-refractivity contribution in [1.82, 2.24) is 19.1 Å². The second-order valence-corrected chi connectivity index (χ2v) is 11.4. The number of nitrogens with zero attached hydrogens (tertiary/aromatic N) is 4. The van der Waals surface area contributed by atoms with Gasteiger partial charge in [0.15, 0.2) is 0 Å². The Labute approximate surface area is 212 Å². The zero-order valence-corrected chi connectivity index (χ0v) is 21.8. The van der Waals surface area contributed by atoms with E-state index in [4.69, 9.17) is 11.6 Å². The Bertz CT molecular complexity index is 1260. The van der Waals surface area contributed by atoms with Crippen LogP contribution in [0, 0.1) is 0 Å². The normalized spacial score (nSPS) is 15.3. The van der Waals surface area contributed by atoms with Gasteiger partial charge in [-0.3, -0.25) is 4.90 Å². The predicted molar refractivity (Wildman–Crippen MR) is 142 cm³/mol. The smallest absolute Gasteiger partial charge is 0.244 e. The summed E-state index contributed by atoms with van der Waals surface area (Å²) in [5.74, 6) is 0.594. The highest BCUT2D eigenvalue weighted by Crippen LogP contribution is 2.32. The van der Waals surface area contributed by atoms with E-state index in [0.717, 1.165) is 38.4 Å². The van der Waals surface area contributed by atoms with Crippen LogP contribution in [-0.2, 0) is 16.6 Å². The van der Waals surface area contributed by atoms with Crippen molar-refractivity contribution in [2.24, 2.45) is 0 Å². The maximum Gasteiger partial charge on any atom is 0.244 e. The highest BCUT2D eigenvalue weighted by Gasteiger charge is 2.21. The third-order valence-electron chi connectivity index (χ3n) is 6.00. The van der Waals surface area contributed by atoms with Gasteiger partial charge in [0.2, 0.25) is 10.0 Å². The molecule has 0 aliphatic carbocycles. The van der Waals surface area contributed by atoms with Crippen molar-refractivity contribution in [3.63, 3.8) is 0 Å². The van der Waals surface area contributed by atoms with Crippen molar-refractivity contribution < 1.29 is 8.42 Å². The molecule has 1 aromatic heterocycles. The Morgan fingerprint density at radius 1 is 0.971 bits per heavy atom. The third kappa shape index (κ3) is 6.31. The molecule has 0 amide bonds. The number of aromatic nitrogens is 1. The van der Waals surface area contributed by atoms with Crippen LogP contribution in [0.5, 0.6) is 0 Å². The van der Waals surface area contributed by atoms with Gasteiger partial charge in [-0.1, -0.05) is 35.9 Å². The molecular formula is C25H31ClN6O2S. The summed E-state index contributed by atoms with van der Waals surface area (Å²) >= 11 is 6.38. The van der Waals surface area contributed by atoms with Crippen molar-refractivity contribution in [3.05, 3.63) is 71.4 Å². The molecule has 2 aromatic carbocycles. The molecule has 186 valence electrons. The largest absolute Gasteiger partial charge is 0.353 e. The van der Waals surface area contributed by atoms with Crippen LogP contribution < -0.4 is 10.6 Å². The zero-order chi connectivity index (χ0) is 25.0. The first-order chi connectivity index (χ1) is 16.7. The van der Waals surface area contributed by atoms with Crippen LogP contribution in [0.3, 0.4) is 0 Å². The second-order valence-electron chi connectivity index (χ2n) is 8.86. The molecule has 0 saturated carbocycles. The third-order valence-corrected chi connectivity index (χ3v) is 8.17. The van der Waals surface area contributed by atoms with Crippen LogP contribution in [0.15, 0.2) is 65.7 Å². The fourth-order valence-electron chi connectivity index (χ4n) is 3.85. The molecular weight excluding hydrogens is 484 g/mol. The summed E-state index contributed by atoms with van der Waals surface area (Å²) in [6.07, 6.45) is 1.54. The molecule has 0 bridgehead atoms. The summed E-state index contributed by atoms with van der Waals surface area (Å²) in [7, 11) is 1.54. The number of pyridine rings is 1. The van der Waals surface area contributed by atoms with Gasteiger partial charge in [-0.15, -0.1) is 0 Å². The van der Waals surface area contributed by atoms with E-state index in [-0.39, 0.29) is 4.90 Å². The number of para-hydroxylation sites is 1. The number of likely N-dealkylation sites (N-methyl/N-ethyl adjacent to an activating group) is 1. The van der Waals surface area contributed by atoms with Crippen molar-refractivity contribution in [2.45, 2.75) is 11.4 Å². The van der Waals surface area contributed by atoms with Gasteiger partial charge in [0.25, 0.3) is 0 Å². The van der Waals surface area contributed by atoms with Gasteiger partial charge in [-0.05, 0) is 36.9 Å². The summed E-state index contributed by atoms with van der Waals surface area (Å²) in [6.45, 7) is 5.31. The topological polar surface area (TPSA) is 80.8 Å². The van der Waals surface area contributed by atoms with Crippen molar-refractivity contribution in [1.29, 1.82) is 0 Å². The average Bonchev–Trinajstić information content (AvgIpc) is 2.84. The van der Waals surface area contributed by atoms with Crippen molar-refractivity contribution in [2.75, 3.05) is 58.0 Å². The van der Waals surface area contributed by atoms with E-state index in [0.29, 0.717) is 22.2 Å². The number of halogens is 1. The first kappa shape index (κ1) is 25.4. The van der Waals surface area contributed by atoms with Crippen LogP contribution in [-0.4, -0.2) is 74.8 Å². The molecule has 0 spiro atoms. The predicted octanol–water partition coefficient (Wildman–Crippen LogP) is 4.22. The van der Waals surface area contributed by atoms with E-state index < -0.39 is 10.0 Å². The van der Waals surface area contributed by atoms with E-state index in [9.17, 15) is 8.42 Å². The molecule has 1 saturated heterocycles. The monoisotopic (exact) mass is 514 g/mol. The number of sulfonamides is 1. The molecule has 8 nitrogen and oxygen atoms in total. The summed E-state index contributed by atoms with van der Waals surface area (Å²) in [5, 5.41) is 6.84. The lowest BCUT2D eigenvalue weighted by molar-refractivity contribution is 0.148. The standard InChI is InChI=1S/C25H31ClN6O2S/c1-30(2)35(33,34)24-7-5-4-6-22(24)29-23-16-25(27-17-21(23)26)28-20-10-8-19(9-11-20)18-32-14-12-31(3)13-15-32/h4-11,16-17H,12-15,18H2,1-3H3,(H2,27,28,29). The SMILES string of the molecule is CN1CCN(Cc2ccc(Nc3cc(Nc4ccccc4S(=O)(=O)N(C)C)c(Cl)cn3)cc2)CC1. The molecule has 2 N–H and O–H groups in total. The number of rotatable bonds is 8. The Kier molecular flexibility index (Phi) is 7.93. The van der Waals surface area contributed by atoms with Gasteiger partial charge in [0, 0.05) is 58.6 Å². The van der Waals surface area contributed by atoms with Crippen molar-refractivity contribution >= 4 is 44.5 Å². The molecule has 1 fully saturated rings. The summed E-state index contributed by atoms with van der Waals surface area (Å²) < 4.78 is 26.6. The van der Waals surface area contributed by atoms with E-state index >= 15 is 0 Å². The number of benzene rings is 2. The Hall–Kier alpha value is -2.69. The fourth-order valence-corrected chi connectivity index (χ4v) is 5.04. The Balaban J connectivity index is 1.47. The van der Waals surface area contributed by atoms with Crippen molar-refractivity contribution in [3.8, 4) is 0 Å². The first-order valence-electron chi connectivity index (χ1n) is 11.4. The minimum atomic E-state index is -3.63. The van der Waals surface area contributed by atoms with Gasteiger partial charge in [0.1, 0.15) is 10.7 Å². The molecule has 0 radical (unpaired) electrons. The number of hydrogen-bond acceptors (Lipinski definition) is 7. The number of piperazine rings is 1. The molecule has 10 heteroatoms. The number of nitrogens with one attached hydrogen (secondary N) is 2. The van der Waals surface area contributed by atoms with E-state index in [1.807, 2.05) is 12.1 Å². The van der Waals surface area contributed by atoms with Crippen LogP contribution in [0.4, 0.5) is 22.9 Å². The molecule has 0 unspecified atom stereocenters. The molecule has 4 rings (SSSR count). The lowest BCUT2D eigenvalue weighted by Gasteiger charge is -2.32. The highest BCUT2D eigenvalue weighted by atomic mass is 35.5. The fraction of sp³-hybridized carbons (Fsp3) is 0.320. The minimum absolute atomic E-state index is 0.170. The van der Waals surface area contributed by atoms with Crippen LogP contribution in [0.25, 0.3) is 0 Å². The Morgan fingerprint density at radius 2 is 1.66 bits per heavy atom. The molecule has 35 heavy (non-hydrogen) atoms. The average molecular weight is 515 g/mol. The highest BCUT2D eigenvalue weighted by molar-refractivity contribution is 7.89. The van der Waals surface area contributed by atoms with Gasteiger partial charge < -0.3 is 15.5 Å². The molecule has 0 atom stereocenters. The second kappa shape index (κ2) is 10.9. The first-order valence-corrected chi connectivity index (χ1v) is 13.2. The van der Waals surface area contributed by atoms with E-state index in [2.05, 4.69) is 44.6 Å². The van der Waals surface area contributed by atoms with Gasteiger partial charge in [-0.2, -0.15) is 0 Å². The van der Waals surface area contributed by atoms with E-state index in [1.54, 1.807) is 30.3 Å². The molecule has 1 aliphatic heterocycles. The zero-order valence-electron chi connectivity index (χ0n) is 20.2. The number of hydrogen-bond donors (Lipinski definition) is 2. The lowest BCUT2D eigenvalue weighted by atomic mass is 10.2. The van der Waals surface area contributed by atoms with Crippen LogP contribution in [0.2, 0.25) is 5.02 Å². The van der Waals surface area contributed by atoms with Crippen LogP contribution in [0.1, 0.15) is 5.56 Å². The maximum atomic E-state index is 12.7. The number of anilines is 4. The van der Waals surface area contributed by atoms with Crippen LogP contribution >= 0.6 is 11.6 Å². The summed E-state index contributed by atoms with van der Waals surface area (Å²) in [4.78, 5) is 9.37. The van der Waals surface area contributed by atoms with E-state index in [1.165, 1.54) is 30.2 Å². The quantitative estimate of drug-likeness (QED) is 0.466. The lowest BCUT2D eigenvalue weighted by Crippen LogP contribution is -2.43. The molecule has 1 aliphatic rings. The Morgan fingerprint density at radius 3 is 2.34 bits per heavy atom. The molecule has 3 aromatic rings. The van der Waals surface area contributed by atoms with Gasteiger partial charge >= 0.3 is 0 Å². The summed E-state index contributed by atoms with van der Waals surface area (Å²) in [5.41, 5.74) is 3.17. The van der Waals surface area contributed by atoms with Gasteiger partial charge in [-0.25, -0.2) is 17.7 Å². The molecule has 2 heterocycles. The van der Waals surface area contributed by atoms with Gasteiger partial charge in [0.05, 0.1) is 22.6 Å². The summed E-state index contributed by atoms with van der Waals surface area (Å²) in [6, 6.07) is 16.8.